The number of amides is 1. The maximum absolute atomic E-state index is 11.8. The first-order valence-corrected chi connectivity index (χ1v) is 8.55. The average Bonchev–Trinajstić information content (AvgIpc) is 3.30. The summed E-state index contributed by atoms with van der Waals surface area (Å²) in [7, 11) is 0. The molecule has 0 radical (unpaired) electrons. The molecule has 0 aromatic heterocycles. The first kappa shape index (κ1) is 16.3. The fraction of sp³-hybridized carbons (Fsp3) is 0.611. The van der Waals surface area contributed by atoms with Crippen molar-refractivity contribution in [1.29, 1.82) is 0 Å². The Balaban J connectivity index is 1.49. The van der Waals surface area contributed by atoms with Crippen molar-refractivity contribution in [2.75, 3.05) is 32.8 Å². The first-order chi connectivity index (χ1) is 11.2. The monoisotopic (exact) mass is 318 g/mol. The molecular formula is C18H26N2O3. The number of likely N-dealkylation sites (tertiary alicyclic amines) is 1. The number of nitrogens with zero attached hydrogens (tertiary/aromatic N) is 1. The smallest absolute Gasteiger partial charge is 0.257 e. The number of carbonyl (C=O) groups excluding carboxylic acids is 1. The van der Waals surface area contributed by atoms with E-state index in [0.717, 1.165) is 43.9 Å². The van der Waals surface area contributed by atoms with Gasteiger partial charge in [0.05, 0.1) is 0 Å². The molecule has 0 spiro atoms. The minimum atomic E-state index is -0.0479. The van der Waals surface area contributed by atoms with Crippen molar-refractivity contribution in [3.63, 3.8) is 0 Å². The van der Waals surface area contributed by atoms with Crippen LogP contribution in [0.2, 0.25) is 0 Å². The molecule has 5 nitrogen and oxygen atoms in total. The summed E-state index contributed by atoms with van der Waals surface area (Å²) in [4.78, 5) is 14.1. The van der Waals surface area contributed by atoms with E-state index in [4.69, 9.17) is 4.74 Å². The highest BCUT2D eigenvalue weighted by molar-refractivity contribution is 5.77. The van der Waals surface area contributed by atoms with Gasteiger partial charge in [0, 0.05) is 31.8 Å². The van der Waals surface area contributed by atoms with Crippen LogP contribution in [0.4, 0.5) is 0 Å². The largest absolute Gasteiger partial charge is 0.483 e. The van der Waals surface area contributed by atoms with Crippen LogP contribution in [0.1, 0.15) is 24.8 Å². The topological polar surface area (TPSA) is 61.8 Å². The highest BCUT2D eigenvalue weighted by atomic mass is 16.5. The molecule has 3 rings (SSSR count). The third kappa shape index (κ3) is 4.94. The van der Waals surface area contributed by atoms with Gasteiger partial charge in [-0.15, -0.1) is 0 Å². The fourth-order valence-electron chi connectivity index (χ4n) is 3.00. The maximum atomic E-state index is 11.8. The van der Waals surface area contributed by atoms with Crippen LogP contribution in [0.25, 0.3) is 0 Å². The van der Waals surface area contributed by atoms with Gasteiger partial charge in [-0.2, -0.15) is 0 Å². The first-order valence-electron chi connectivity index (χ1n) is 8.55. The maximum Gasteiger partial charge on any atom is 0.257 e. The van der Waals surface area contributed by atoms with Gasteiger partial charge in [0.1, 0.15) is 5.75 Å². The lowest BCUT2D eigenvalue weighted by atomic mass is 10.1. The SMILES string of the molecule is O=C(COc1ccccc1CN1CCC(CO)C1)NCC1CC1. The molecule has 2 N–H and O–H groups in total. The Hall–Kier alpha value is -1.59. The number of nitrogens with one attached hydrogen (secondary N) is 1. The molecule has 1 atom stereocenters. The Bertz CT molecular complexity index is 531. The van der Waals surface area contributed by atoms with Crippen LogP contribution < -0.4 is 10.1 Å². The number of carbonyl (C=O) groups is 1. The normalized spacial score (nSPS) is 21.3. The van der Waals surface area contributed by atoms with E-state index in [2.05, 4.69) is 10.2 Å². The van der Waals surface area contributed by atoms with Gasteiger partial charge in [0.25, 0.3) is 5.91 Å². The zero-order valence-corrected chi connectivity index (χ0v) is 13.5. The van der Waals surface area contributed by atoms with Crippen molar-refractivity contribution in [3.05, 3.63) is 29.8 Å². The predicted octanol–water partition coefficient (Wildman–Crippen LogP) is 1.41. The quantitative estimate of drug-likeness (QED) is 0.761. The third-order valence-electron chi connectivity index (χ3n) is 4.64. The van der Waals surface area contributed by atoms with Gasteiger partial charge >= 0.3 is 0 Å². The lowest BCUT2D eigenvalue weighted by Gasteiger charge is -2.18. The van der Waals surface area contributed by atoms with Gasteiger partial charge in [-0.05, 0) is 43.7 Å². The number of aliphatic hydroxyl groups excluding tert-OH is 1. The van der Waals surface area contributed by atoms with Gasteiger partial charge in [0.2, 0.25) is 0 Å². The van der Waals surface area contributed by atoms with Crippen LogP contribution in [0.5, 0.6) is 5.75 Å². The van der Waals surface area contributed by atoms with Gasteiger partial charge < -0.3 is 15.2 Å². The van der Waals surface area contributed by atoms with Gasteiger partial charge in [-0.1, -0.05) is 18.2 Å². The molecule has 0 bridgehead atoms. The van der Waals surface area contributed by atoms with Crippen LogP contribution >= 0.6 is 0 Å². The van der Waals surface area contributed by atoms with Crippen molar-refractivity contribution in [2.24, 2.45) is 11.8 Å². The molecule has 1 saturated heterocycles. The summed E-state index contributed by atoms with van der Waals surface area (Å²) in [5.74, 6) is 1.80. The Kier molecular flexibility index (Phi) is 5.51. The second kappa shape index (κ2) is 7.79. The van der Waals surface area contributed by atoms with Crippen LogP contribution in [0.15, 0.2) is 24.3 Å². The molecule has 1 aromatic carbocycles. The van der Waals surface area contributed by atoms with E-state index >= 15 is 0 Å². The molecule has 1 unspecified atom stereocenters. The number of benzene rings is 1. The molecule has 1 aliphatic heterocycles. The minimum absolute atomic E-state index is 0.0479. The van der Waals surface area contributed by atoms with Crippen LogP contribution in [0, 0.1) is 11.8 Å². The number of para-hydroxylation sites is 1. The second-order valence-electron chi connectivity index (χ2n) is 6.72. The summed E-state index contributed by atoms with van der Waals surface area (Å²) >= 11 is 0. The zero-order chi connectivity index (χ0) is 16.1. The molecule has 126 valence electrons. The predicted molar refractivity (Wildman–Crippen MR) is 88.1 cm³/mol. The Morgan fingerprint density at radius 1 is 1.26 bits per heavy atom. The lowest BCUT2D eigenvalue weighted by Crippen LogP contribution is -2.30. The van der Waals surface area contributed by atoms with Crippen LogP contribution in [-0.4, -0.2) is 48.8 Å². The Morgan fingerprint density at radius 2 is 2.09 bits per heavy atom. The molecular weight excluding hydrogens is 292 g/mol. The molecule has 1 aromatic rings. The van der Waals surface area contributed by atoms with Crippen molar-refractivity contribution in [1.82, 2.24) is 10.2 Å². The molecule has 2 fully saturated rings. The summed E-state index contributed by atoms with van der Waals surface area (Å²) in [6.07, 6.45) is 3.51. The molecule has 23 heavy (non-hydrogen) atoms. The molecule has 1 heterocycles. The summed E-state index contributed by atoms with van der Waals surface area (Å²) in [6, 6.07) is 7.89. The standard InChI is InChI=1S/C18H26N2O3/c21-12-15-7-8-20(10-15)11-16-3-1-2-4-17(16)23-13-18(22)19-9-14-5-6-14/h1-4,14-15,21H,5-13H2,(H,19,22). The van der Waals surface area contributed by atoms with Gasteiger partial charge in [-0.25, -0.2) is 0 Å². The summed E-state index contributed by atoms with van der Waals surface area (Å²) < 4.78 is 5.73. The fourth-order valence-corrected chi connectivity index (χ4v) is 3.00. The van der Waals surface area contributed by atoms with Crippen molar-refractivity contribution in [2.45, 2.75) is 25.8 Å². The third-order valence-corrected chi connectivity index (χ3v) is 4.64. The number of rotatable bonds is 8. The van der Waals surface area contributed by atoms with E-state index in [0.29, 0.717) is 11.8 Å². The summed E-state index contributed by atoms with van der Waals surface area (Å²) in [5, 5.41) is 12.2. The van der Waals surface area contributed by atoms with Crippen molar-refractivity contribution >= 4 is 5.91 Å². The number of ether oxygens (including phenoxy) is 1. The molecule has 5 heteroatoms. The van der Waals surface area contributed by atoms with Gasteiger partial charge in [-0.3, -0.25) is 9.69 Å². The lowest BCUT2D eigenvalue weighted by molar-refractivity contribution is -0.123. The highest BCUT2D eigenvalue weighted by Gasteiger charge is 2.23. The van der Waals surface area contributed by atoms with E-state index in [-0.39, 0.29) is 19.1 Å². The van der Waals surface area contributed by atoms with E-state index in [9.17, 15) is 9.90 Å². The van der Waals surface area contributed by atoms with Crippen LogP contribution in [-0.2, 0) is 11.3 Å². The van der Waals surface area contributed by atoms with Crippen LogP contribution in [0.3, 0.4) is 0 Å². The average molecular weight is 318 g/mol. The van der Waals surface area contributed by atoms with E-state index in [1.807, 2.05) is 24.3 Å². The molecule has 1 amide bonds. The minimum Gasteiger partial charge on any atom is -0.483 e. The number of hydrogen-bond acceptors (Lipinski definition) is 4. The molecule has 1 aliphatic carbocycles. The number of aliphatic hydroxyl groups is 1. The Morgan fingerprint density at radius 3 is 2.83 bits per heavy atom. The van der Waals surface area contributed by atoms with E-state index < -0.39 is 0 Å². The summed E-state index contributed by atoms with van der Waals surface area (Å²) in [6.45, 7) is 3.84. The number of hydrogen-bond donors (Lipinski definition) is 2. The second-order valence-corrected chi connectivity index (χ2v) is 6.72. The van der Waals surface area contributed by atoms with E-state index in [1.165, 1.54) is 12.8 Å². The van der Waals surface area contributed by atoms with Crippen molar-refractivity contribution in [3.8, 4) is 5.75 Å². The highest BCUT2D eigenvalue weighted by Crippen LogP contribution is 2.27. The molecule has 1 saturated carbocycles. The van der Waals surface area contributed by atoms with Crippen molar-refractivity contribution < 1.29 is 14.6 Å². The van der Waals surface area contributed by atoms with E-state index in [1.54, 1.807) is 0 Å². The van der Waals surface area contributed by atoms with Gasteiger partial charge in [0.15, 0.2) is 6.61 Å². The Labute approximate surface area is 137 Å². The molecule has 2 aliphatic rings. The summed E-state index contributed by atoms with van der Waals surface area (Å²) in [5.41, 5.74) is 1.10. The zero-order valence-electron chi connectivity index (χ0n) is 13.5.